The zero-order valence-electron chi connectivity index (χ0n) is 18.1. The molecule has 2 heterocycles. The minimum absolute atomic E-state index is 0.109. The van der Waals surface area contributed by atoms with Gasteiger partial charge in [-0.05, 0) is 44.0 Å². The normalized spacial score (nSPS) is 17.4. The number of carbonyl (C=O) groups excluding carboxylic acids is 2. The Balaban J connectivity index is 1.72. The van der Waals surface area contributed by atoms with Crippen LogP contribution in [0.1, 0.15) is 26.2 Å². The molecule has 3 rings (SSSR count). The number of benzene rings is 1. The van der Waals surface area contributed by atoms with Crippen molar-refractivity contribution in [3.63, 3.8) is 0 Å². The molecule has 2 fully saturated rings. The summed E-state index contributed by atoms with van der Waals surface area (Å²) < 4.78 is 33.3. The molecule has 31 heavy (non-hydrogen) atoms. The molecule has 2 amide bonds. The predicted molar refractivity (Wildman–Crippen MR) is 116 cm³/mol. The summed E-state index contributed by atoms with van der Waals surface area (Å²) in [5.74, 6) is 0.503. The van der Waals surface area contributed by atoms with Crippen molar-refractivity contribution in [2.24, 2.45) is 0 Å². The number of piperazine rings is 1. The molecule has 2 aliphatic rings. The van der Waals surface area contributed by atoms with Crippen molar-refractivity contribution in [2.45, 2.75) is 31.1 Å². The van der Waals surface area contributed by atoms with Crippen LogP contribution in [-0.2, 0) is 19.6 Å². The minimum Gasteiger partial charge on any atom is -0.494 e. The van der Waals surface area contributed by atoms with E-state index in [0.29, 0.717) is 64.5 Å². The van der Waals surface area contributed by atoms with Crippen LogP contribution in [0.5, 0.6) is 5.75 Å². The van der Waals surface area contributed by atoms with Crippen LogP contribution in [-0.4, -0.2) is 93.3 Å². The number of nitrogens with one attached hydrogen (secondary N) is 1. The fourth-order valence-corrected chi connectivity index (χ4v) is 5.28. The van der Waals surface area contributed by atoms with Crippen LogP contribution in [0.2, 0.25) is 0 Å². The minimum atomic E-state index is -3.86. The average Bonchev–Trinajstić information content (AvgIpc) is 3.19. The van der Waals surface area contributed by atoms with Crippen LogP contribution in [0.4, 0.5) is 0 Å². The molecule has 0 aliphatic carbocycles. The number of amides is 2. The Hall–Kier alpha value is -2.17. The van der Waals surface area contributed by atoms with Crippen molar-refractivity contribution in [3.05, 3.63) is 24.3 Å². The summed E-state index contributed by atoms with van der Waals surface area (Å²) >= 11 is 0. The third kappa shape index (κ3) is 6.18. The van der Waals surface area contributed by atoms with Gasteiger partial charge >= 0.3 is 0 Å². The Kier molecular flexibility index (Phi) is 8.28. The van der Waals surface area contributed by atoms with E-state index in [1.807, 2.05) is 6.92 Å². The van der Waals surface area contributed by atoms with E-state index in [-0.39, 0.29) is 29.8 Å². The van der Waals surface area contributed by atoms with Crippen LogP contribution >= 0.6 is 0 Å². The maximum Gasteiger partial charge on any atom is 0.243 e. The van der Waals surface area contributed by atoms with Gasteiger partial charge in [-0.15, -0.1) is 0 Å². The first kappa shape index (κ1) is 23.5. The van der Waals surface area contributed by atoms with Gasteiger partial charge in [-0.2, -0.15) is 4.31 Å². The van der Waals surface area contributed by atoms with E-state index >= 15 is 0 Å². The van der Waals surface area contributed by atoms with Crippen molar-refractivity contribution >= 4 is 21.8 Å². The largest absolute Gasteiger partial charge is 0.494 e. The summed E-state index contributed by atoms with van der Waals surface area (Å²) in [5.41, 5.74) is 0. The number of hydrogen-bond donors (Lipinski definition) is 1. The predicted octanol–water partition coefficient (Wildman–Crippen LogP) is 0.520. The lowest BCUT2D eigenvalue weighted by Gasteiger charge is -2.30. The van der Waals surface area contributed by atoms with Crippen LogP contribution in [0, 0.1) is 0 Å². The Labute approximate surface area is 184 Å². The lowest BCUT2D eigenvalue weighted by atomic mass is 10.3. The summed E-state index contributed by atoms with van der Waals surface area (Å²) in [6.45, 7) is 6.08. The van der Waals surface area contributed by atoms with Gasteiger partial charge in [0.15, 0.2) is 0 Å². The van der Waals surface area contributed by atoms with Crippen LogP contribution in [0.15, 0.2) is 29.2 Å². The van der Waals surface area contributed by atoms with Gasteiger partial charge in [0.05, 0.1) is 18.0 Å². The molecule has 0 bridgehead atoms. The van der Waals surface area contributed by atoms with Crippen LogP contribution in [0.25, 0.3) is 0 Å². The van der Waals surface area contributed by atoms with E-state index in [0.717, 1.165) is 6.42 Å². The molecular formula is C21H32N4O5S. The van der Waals surface area contributed by atoms with E-state index in [9.17, 15) is 18.0 Å². The molecule has 1 aromatic rings. The third-order valence-electron chi connectivity index (χ3n) is 5.56. The molecule has 0 atom stereocenters. The van der Waals surface area contributed by atoms with Crippen LogP contribution < -0.4 is 10.1 Å². The number of carbonyl (C=O) groups is 2. The van der Waals surface area contributed by atoms with Gasteiger partial charge in [0.2, 0.25) is 21.8 Å². The highest BCUT2D eigenvalue weighted by molar-refractivity contribution is 7.89. The van der Waals surface area contributed by atoms with Crippen molar-refractivity contribution in [1.29, 1.82) is 0 Å². The molecule has 1 N–H and O–H groups in total. The number of sulfonamides is 1. The van der Waals surface area contributed by atoms with Crippen molar-refractivity contribution < 1.29 is 22.7 Å². The highest BCUT2D eigenvalue weighted by Crippen LogP contribution is 2.21. The maximum absolute atomic E-state index is 13.3. The molecule has 0 radical (unpaired) electrons. The zero-order valence-corrected chi connectivity index (χ0v) is 18.9. The van der Waals surface area contributed by atoms with Crippen molar-refractivity contribution in [1.82, 2.24) is 19.4 Å². The second-order valence-electron chi connectivity index (χ2n) is 7.71. The molecule has 9 nitrogen and oxygen atoms in total. The highest BCUT2D eigenvalue weighted by atomic mass is 32.2. The summed E-state index contributed by atoms with van der Waals surface area (Å²) in [5, 5.41) is 3.19. The molecule has 0 spiro atoms. The average molecular weight is 453 g/mol. The molecule has 10 heteroatoms. The van der Waals surface area contributed by atoms with Gasteiger partial charge in [-0.25, -0.2) is 8.42 Å². The maximum atomic E-state index is 13.3. The molecule has 1 aromatic carbocycles. The molecule has 0 unspecified atom stereocenters. The summed E-state index contributed by atoms with van der Waals surface area (Å²) in [6, 6.07) is 6.25. The van der Waals surface area contributed by atoms with Crippen molar-refractivity contribution in [3.8, 4) is 5.75 Å². The fourth-order valence-electron chi connectivity index (χ4n) is 3.85. The zero-order chi connectivity index (χ0) is 22.3. The smallest absolute Gasteiger partial charge is 0.243 e. The van der Waals surface area contributed by atoms with E-state index in [1.54, 1.807) is 21.9 Å². The Morgan fingerprint density at radius 2 is 1.87 bits per heavy atom. The van der Waals surface area contributed by atoms with Crippen LogP contribution in [0.3, 0.4) is 0 Å². The van der Waals surface area contributed by atoms with Gasteiger partial charge in [-0.1, -0.05) is 0 Å². The van der Waals surface area contributed by atoms with Crippen molar-refractivity contribution in [2.75, 3.05) is 59.0 Å². The summed E-state index contributed by atoms with van der Waals surface area (Å²) in [6.07, 6.45) is 1.88. The van der Waals surface area contributed by atoms with Gasteiger partial charge in [0.1, 0.15) is 5.75 Å². The third-order valence-corrected chi connectivity index (χ3v) is 7.42. The number of hydrogen-bond acceptors (Lipinski definition) is 6. The van der Waals surface area contributed by atoms with Gasteiger partial charge in [0, 0.05) is 52.2 Å². The van der Waals surface area contributed by atoms with Gasteiger partial charge in [-0.3, -0.25) is 9.59 Å². The number of likely N-dealkylation sites (tertiary alicyclic amines) is 1. The van der Waals surface area contributed by atoms with E-state index in [1.165, 1.54) is 16.4 Å². The fraction of sp³-hybridized carbons (Fsp3) is 0.619. The molecular weight excluding hydrogens is 420 g/mol. The second kappa shape index (κ2) is 10.9. The molecule has 0 saturated carbocycles. The highest BCUT2D eigenvalue weighted by Gasteiger charge is 2.29. The topological polar surface area (TPSA) is 99.3 Å². The molecule has 172 valence electrons. The quantitative estimate of drug-likeness (QED) is 0.556. The monoisotopic (exact) mass is 452 g/mol. The standard InChI is InChI=1S/C21H32N4O5S/c1-2-30-18-6-8-19(9-7-18)31(28,29)25(14-4-13-23-12-3-5-20(23)26)17-21(27)24-15-10-22-11-16-24/h6-9,22H,2-5,10-17H2,1H3. The van der Waals surface area contributed by atoms with Gasteiger partial charge in [0.25, 0.3) is 0 Å². The number of rotatable bonds is 10. The SMILES string of the molecule is CCOc1ccc(S(=O)(=O)N(CCCN2CCCC2=O)CC(=O)N2CCNCC2)cc1. The lowest BCUT2D eigenvalue weighted by Crippen LogP contribution is -2.50. The molecule has 2 aliphatic heterocycles. The summed E-state index contributed by atoms with van der Waals surface area (Å²) in [4.78, 5) is 28.2. The first-order valence-electron chi connectivity index (χ1n) is 10.9. The first-order valence-corrected chi connectivity index (χ1v) is 12.3. The Morgan fingerprint density at radius 3 is 2.48 bits per heavy atom. The Bertz CT molecular complexity index is 853. The van der Waals surface area contributed by atoms with Gasteiger partial charge < -0.3 is 19.9 Å². The second-order valence-corrected chi connectivity index (χ2v) is 9.65. The lowest BCUT2D eigenvalue weighted by molar-refractivity contribution is -0.132. The first-order chi connectivity index (χ1) is 14.9. The molecule has 0 aromatic heterocycles. The van der Waals surface area contributed by atoms with E-state index in [2.05, 4.69) is 5.32 Å². The Morgan fingerprint density at radius 1 is 1.16 bits per heavy atom. The number of ether oxygens (including phenoxy) is 1. The van der Waals surface area contributed by atoms with E-state index in [4.69, 9.17) is 4.74 Å². The molecule has 2 saturated heterocycles. The van der Waals surface area contributed by atoms with E-state index < -0.39 is 10.0 Å². The summed E-state index contributed by atoms with van der Waals surface area (Å²) in [7, 11) is -3.86. The number of nitrogens with zero attached hydrogens (tertiary/aromatic N) is 3.